The van der Waals surface area contributed by atoms with E-state index in [0.717, 1.165) is 5.56 Å². The second kappa shape index (κ2) is 25.7. The largest absolute Gasteiger partial charge is 0.480 e. The van der Waals surface area contributed by atoms with E-state index in [9.17, 15) is 24.0 Å². The predicted molar refractivity (Wildman–Crippen MR) is 200 cm³/mol. The number of carboxylic acid groups (broad SMARTS) is 1. The van der Waals surface area contributed by atoms with Crippen molar-refractivity contribution in [3.05, 3.63) is 69.6 Å². The van der Waals surface area contributed by atoms with Gasteiger partial charge < -0.3 is 55.0 Å². The first-order valence-electron chi connectivity index (χ1n) is 17.9. The highest BCUT2D eigenvalue weighted by molar-refractivity contribution is 6.02. The van der Waals surface area contributed by atoms with E-state index in [2.05, 4.69) is 31.3 Å². The van der Waals surface area contributed by atoms with Gasteiger partial charge in [0.1, 0.15) is 6.54 Å². The van der Waals surface area contributed by atoms with Crippen LogP contribution in [0.25, 0.3) is 10.4 Å². The maximum atomic E-state index is 12.8. The van der Waals surface area contributed by atoms with Gasteiger partial charge in [0.15, 0.2) is 0 Å². The molecule has 5 N–H and O–H groups in total. The quantitative estimate of drug-likeness (QED) is 0.0402. The van der Waals surface area contributed by atoms with E-state index in [-0.39, 0.29) is 43.8 Å². The van der Waals surface area contributed by atoms with Gasteiger partial charge in [-0.2, -0.15) is 0 Å². The molecule has 2 aromatic rings. The SMILES string of the molecule is Cc1c(NC(=O)Nc2ccc(CC(=O)N3CC[C@H](C(=O)NCC(=O)O)C3)cc2)cccc1C(=O)NCCOCCOCCOCCOCCOCCN=[N+]=[N-]. The molecule has 0 spiro atoms. The molecule has 0 aliphatic carbocycles. The number of urea groups is 1. The second-order valence-corrected chi connectivity index (χ2v) is 12.1. The number of carbonyl (C=O) groups is 5. The first-order chi connectivity index (χ1) is 26.7. The van der Waals surface area contributed by atoms with Gasteiger partial charge in [-0.05, 0) is 54.3 Å². The molecule has 0 radical (unpaired) electrons. The monoisotopic (exact) mass is 770 g/mol. The predicted octanol–water partition coefficient (Wildman–Crippen LogP) is 2.35. The third kappa shape index (κ3) is 17.6. The summed E-state index contributed by atoms with van der Waals surface area (Å²) >= 11 is 0. The highest BCUT2D eigenvalue weighted by Crippen LogP contribution is 2.21. The van der Waals surface area contributed by atoms with Crippen molar-refractivity contribution in [2.24, 2.45) is 11.0 Å². The zero-order valence-electron chi connectivity index (χ0n) is 31.0. The lowest BCUT2D eigenvalue weighted by Gasteiger charge is -2.17. The van der Waals surface area contributed by atoms with Crippen molar-refractivity contribution in [2.75, 3.05) is 109 Å². The minimum atomic E-state index is -1.13. The number of anilines is 2. The number of amides is 5. The number of azide groups is 1. The van der Waals surface area contributed by atoms with Crippen molar-refractivity contribution >= 4 is 41.1 Å². The molecule has 1 fully saturated rings. The van der Waals surface area contributed by atoms with Crippen molar-refractivity contribution in [1.29, 1.82) is 0 Å². The van der Waals surface area contributed by atoms with E-state index in [1.165, 1.54) is 0 Å². The van der Waals surface area contributed by atoms with Crippen LogP contribution in [-0.4, -0.2) is 139 Å². The minimum absolute atomic E-state index is 0.112. The molecule has 0 saturated carbocycles. The summed E-state index contributed by atoms with van der Waals surface area (Å²) in [4.78, 5) is 65.5. The van der Waals surface area contributed by atoms with Gasteiger partial charge in [-0.1, -0.05) is 23.3 Å². The molecule has 55 heavy (non-hydrogen) atoms. The number of benzene rings is 2. The second-order valence-electron chi connectivity index (χ2n) is 12.1. The topological polar surface area (TPSA) is 252 Å². The zero-order chi connectivity index (χ0) is 39.7. The summed E-state index contributed by atoms with van der Waals surface area (Å²) < 4.78 is 27.0. The van der Waals surface area contributed by atoms with Gasteiger partial charge in [-0.15, -0.1) is 0 Å². The molecule has 1 saturated heterocycles. The minimum Gasteiger partial charge on any atom is -0.480 e. The third-order valence-corrected chi connectivity index (χ3v) is 8.14. The van der Waals surface area contributed by atoms with Crippen LogP contribution in [0, 0.1) is 12.8 Å². The Hall–Kier alpha value is -5.30. The molecule has 1 aliphatic rings. The molecule has 0 unspecified atom stereocenters. The van der Waals surface area contributed by atoms with Crippen LogP contribution in [0.2, 0.25) is 0 Å². The van der Waals surface area contributed by atoms with Crippen molar-refractivity contribution in [2.45, 2.75) is 19.8 Å². The Morgan fingerprint density at radius 1 is 0.836 bits per heavy atom. The van der Waals surface area contributed by atoms with E-state index < -0.39 is 24.5 Å². The van der Waals surface area contributed by atoms with E-state index >= 15 is 0 Å². The first-order valence-corrected chi connectivity index (χ1v) is 17.9. The number of hydrogen-bond acceptors (Lipinski definition) is 11. The Morgan fingerprint density at radius 2 is 1.45 bits per heavy atom. The van der Waals surface area contributed by atoms with E-state index in [0.29, 0.717) is 101 Å². The van der Waals surface area contributed by atoms with Crippen LogP contribution in [0.15, 0.2) is 47.6 Å². The number of aliphatic carboxylic acids is 1. The van der Waals surface area contributed by atoms with E-state index in [1.54, 1.807) is 54.3 Å². The van der Waals surface area contributed by atoms with Crippen LogP contribution in [0.5, 0.6) is 0 Å². The van der Waals surface area contributed by atoms with Crippen LogP contribution in [-0.2, 0) is 44.5 Å². The molecule has 3 rings (SSSR count). The summed E-state index contributed by atoms with van der Waals surface area (Å²) in [5.74, 6) is -2.41. The Kier molecular flexibility index (Phi) is 20.6. The Balaban J connectivity index is 1.25. The summed E-state index contributed by atoms with van der Waals surface area (Å²) in [5, 5.41) is 22.8. The van der Waals surface area contributed by atoms with Crippen molar-refractivity contribution in [3.8, 4) is 0 Å². The van der Waals surface area contributed by atoms with Crippen molar-refractivity contribution in [1.82, 2.24) is 15.5 Å². The van der Waals surface area contributed by atoms with Gasteiger partial charge in [0.05, 0.1) is 78.4 Å². The number of ether oxygens (including phenoxy) is 5. The van der Waals surface area contributed by atoms with Gasteiger partial charge in [-0.25, -0.2) is 4.79 Å². The molecule has 19 nitrogen and oxygen atoms in total. The molecule has 300 valence electrons. The highest BCUT2D eigenvalue weighted by atomic mass is 16.6. The molecule has 0 bridgehead atoms. The molecule has 0 aromatic heterocycles. The van der Waals surface area contributed by atoms with Gasteiger partial charge in [0.25, 0.3) is 5.91 Å². The lowest BCUT2D eigenvalue weighted by atomic mass is 10.1. The van der Waals surface area contributed by atoms with Crippen LogP contribution in [0.3, 0.4) is 0 Å². The molecule has 1 aliphatic heterocycles. The normalized spacial score (nSPS) is 13.5. The zero-order valence-corrected chi connectivity index (χ0v) is 31.0. The lowest BCUT2D eigenvalue weighted by molar-refractivity contribution is -0.138. The highest BCUT2D eigenvalue weighted by Gasteiger charge is 2.31. The molecular weight excluding hydrogens is 720 g/mol. The fourth-order valence-electron chi connectivity index (χ4n) is 5.27. The molecule has 2 aromatic carbocycles. The van der Waals surface area contributed by atoms with Gasteiger partial charge in [0.2, 0.25) is 11.8 Å². The molecule has 1 heterocycles. The number of carboxylic acids is 1. The average molecular weight is 771 g/mol. The maximum Gasteiger partial charge on any atom is 0.323 e. The fraction of sp³-hybridized carbons (Fsp3) is 0.528. The Labute approximate surface area is 319 Å². The molecule has 1 atom stereocenters. The summed E-state index contributed by atoms with van der Waals surface area (Å²) in [6.07, 6.45) is 0.579. The molecule has 5 amide bonds. The summed E-state index contributed by atoms with van der Waals surface area (Å²) in [6, 6.07) is 11.3. The standard InChI is InChI=1S/C36H50N8O11/c1-26-30(35(49)38-10-13-51-15-17-53-19-21-55-22-20-54-18-16-52-14-11-40-43-37)3-2-4-31(26)42-36(50)41-29-7-5-27(6-8-29)23-32(45)44-12-9-28(25-44)34(48)39-24-33(46)47/h2-8,28H,9-25H2,1H3,(H,38,49)(H,39,48)(H,46,47)(H2,41,42,50)/t28-/m0/s1. The number of carbonyl (C=O) groups excluding carboxylic acids is 4. The maximum absolute atomic E-state index is 12.8. The third-order valence-electron chi connectivity index (χ3n) is 8.14. The number of likely N-dealkylation sites (tertiary alicyclic amines) is 1. The van der Waals surface area contributed by atoms with Crippen LogP contribution >= 0.6 is 0 Å². The Bertz CT molecular complexity index is 1590. The number of hydrogen-bond donors (Lipinski definition) is 5. The average Bonchev–Trinajstić information content (AvgIpc) is 3.67. The smallest absolute Gasteiger partial charge is 0.323 e. The van der Waals surface area contributed by atoms with Crippen LogP contribution in [0.1, 0.15) is 27.9 Å². The van der Waals surface area contributed by atoms with Crippen LogP contribution < -0.4 is 21.3 Å². The van der Waals surface area contributed by atoms with Crippen LogP contribution in [0.4, 0.5) is 16.2 Å². The lowest BCUT2D eigenvalue weighted by Crippen LogP contribution is -2.37. The summed E-state index contributed by atoms with van der Waals surface area (Å²) in [5.41, 5.74) is 10.8. The van der Waals surface area contributed by atoms with E-state index in [1.807, 2.05) is 0 Å². The van der Waals surface area contributed by atoms with Gasteiger partial charge in [-0.3, -0.25) is 19.2 Å². The Morgan fingerprint density at radius 3 is 2.07 bits per heavy atom. The summed E-state index contributed by atoms with van der Waals surface area (Å²) in [6.45, 7) is 6.41. The molecule has 19 heteroatoms. The van der Waals surface area contributed by atoms with Gasteiger partial charge >= 0.3 is 12.0 Å². The number of rotatable bonds is 26. The van der Waals surface area contributed by atoms with Crippen molar-refractivity contribution in [3.63, 3.8) is 0 Å². The fourth-order valence-corrected chi connectivity index (χ4v) is 5.27. The molecular formula is C36H50N8O11. The first kappa shape index (κ1) is 44.1. The summed E-state index contributed by atoms with van der Waals surface area (Å²) in [7, 11) is 0. The van der Waals surface area contributed by atoms with Crippen molar-refractivity contribution < 1.29 is 52.8 Å². The van der Waals surface area contributed by atoms with Gasteiger partial charge in [0, 0.05) is 48.0 Å². The number of nitrogens with one attached hydrogen (secondary N) is 4. The number of nitrogens with zero attached hydrogens (tertiary/aromatic N) is 4. The van der Waals surface area contributed by atoms with E-state index in [4.69, 9.17) is 34.3 Å².